The van der Waals surface area contributed by atoms with Crippen LogP contribution in [0.3, 0.4) is 0 Å². The molecule has 3 N–H and O–H groups in total. The standard InChI is InChI=1S/C14H19N3OS/c1-2-19-12-7-8-14(12,18)9-15-13-16-10-5-3-4-6-11(10)17-13/h3-6,12,18H,2,7-9H2,1H3,(H2,15,16,17). The van der Waals surface area contributed by atoms with Gasteiger partial charge in [-0.3, -0.25) is 0 Å². The molecule has 3 rings (SSSR count). The fourth-order valence-electron chi connectivity index (χ4n) is 2.51. The van der Waals surface area contributed by atoms with Crippen LogP contribution in [0, 0.1) is 0 Å². The predicted octanol–water partition coefficient (Wildman–Crippen LogP) is 2.62. The van der Waals surface area contributed by atoms with Crippen molar-refractivity contribution in [3.63, 3.8) is 0 Å². The van der Waals surface area contributed by atoms with Gasteiger partial charge >= 0.3 is 0 Å². The van der Waals surface area contributed by atoms with E-state index in [4.69, 9.17) is 0 Å². The Kier molecular flexibility index (Phi) is 3.41. The summed E-state index contributed by atoms with van der Waals surface area (Å²) >= 11 is 1.84. The van der Waals surface area contributed by atoms with Crippen LogP contribution in [0.4, 0.5) is 5.95 Å². The number of hydrogen-bond acceptors (Lipinski definition) is 4. The number of fused-ring (bicyclic) bond motifs is 1. The Morgan fingerprint density at radius 2 is 2.37 bits per heavy atom. The van der Waals surface area contributed by atoms with E-state index in [9.17, 15) is 5.11 Å². The normalized spacial score (nSPS) is 26.3. The smallest absolute Gasteiger partial charge is 0.201 e. The summed E-state index contributed by atoms with van der Waals surface area (Å²) in [6.07, 6.45) is 1.98. The van der Waals surface area contributed by atoms with Crippen LogP contribution in [-0.4, -0.2) is 38.2 Å². The summed E-state index contributed by atoms with van der Waals surface area (Å²) in [5.41, 5.74) is 1.38. The molecule has 0 amide bonds. The third kappa shape index (κ3) is 2.44. The lowest BCUT2D eigenvalue weighted by atomic mass is 9.79. The maximum Gasteiger partial charge on any atom is 0.201 e. The maximum atomic E-state index is 10.5. The number of rotatable bonds is 5. The van der Waals surface area contributed by atoms with Gasteiger partial charge in [-0.05, 0) is 30.7 Å². The van der Waals surface area contributed by atoms with Crippen molar-refractivity contribution in [2.75, 3.05) is 17.6 Å². The number of H-pyrrole nitrogens is 1. The van der Waals surface area contributed by atoms with Gasteiger partial charge in [-0.2, -0.15) is 11.8 Å². The average molecular weight is 277 g/mol. The Balaban J connectivity index is 1.65. The summed E-state index contributed by atoms with van der Waals surface area (Å²) in [5, 5.41) is 14.1. The third-order valence-corrected chi connectivity index (χ3v) is 5.17. The molecule has 0 spiro atoms. The quantitative estimate of drug-likeness (QED) is 0.786. The lowest BCUT2D eigenvalue weighted by Crippen LogP contribution is -2.54. The first-order chi connectivity index (χ1) is 9.21. The van der Waals surface area contributed by atoms with Gasteiger partial charge in [0.25, 0.3) is 0 Å². The number of aliphatic hydroxyl groups is 1. The molecule has 0 saturated heterocycles. The predicted molar refractivity (Wildman–Crippen MR) is 80.7 cm³/mol. The van der Waals surface area contributed by atoms with Crippen molar-refractivity contribution in [2.45, 2.75) is 30.6 Å². The number of imidazole rings is 1. The van der Waals surface area contributed by atoms with Crippen LogP contribution in [0.1, 0.15) is 19.8 Å². The van der Waals surface area contributed by atoms with Crippen molar-refractivity contribution in [1.29, 1.82) is 0 Å². The Labute approximate surface area is 117 Å². The van der Waals surface area contributed by atoms with Crippen LogP contribution in [0.25, 0.3) is 11.0 Å². The molecule has 1 aliphatic rings. The number of nitrogens with zero attached hydrogens (tertiary/aromatic N) is 1. The van der Waals surface area contributed by atoms with E-state index in [1.54, 1.807) is 0 Å². The molecule has 2 atom stereocenters. The highest BCUT2D eigenvalue weighted by molar-refractivity contribution is 8.00. The number of hydrogen-bond donors (Lipinski definition) is 3. The van der Waals surface area contributed by atoms with Crippen molar-refractivity contribution in [3.05, 3.63) is 24.3 Å². The van der Waals surface area contributed by atoms with Crippen molar-refractivity contribution in [1.82, 2.24) is 9.97 Å². The topological polar surface area (TPSA) is 60.9 Å². The van der Waals surface area contributed by atoms with Gasteiger partial charge in [0.15, 0.2) is 0 Å². The first kappa shape index (κ1) is 12.8. The second-order valence-corrected chi connectivity index (χ2v) is 6.52. The molecule has 0 aliphatic heterocycles. The number of aromatic nitrogens is 2. The zero-order valence-electron chi connectivity index (χ0n) is 11.0. The summed E-state index contributed by atoms with van der Waals surface area (Å²) in [6, 6.07) is 7.93. The summed E-state index contributed by atoms with van der Waals surface area (Å²) < 4.78 is 0. The molecule has 5 heteroatoms. The van der Waals surface area contributed by atoms with Crippen LogP contribution in [0.5, 0.6) is 0 Å². The number of anilines is 1. The number of thioether (sulfide) groups is 1. The fraction of sp³-hybridized carbons (Fsp3) is 0.500. The van der Waals surface area contributed by atoms with E-state index < -0.39 is 5.60 Å². The number of para-hydroxylation sites is 2. The number of nitrogens with one attached hydrogen (secondary N) is 2. The van der Waals surface area contributed by atoms with Crippen molar-refractivity contribution >= 4 is 28.7 Å². The fourth-order valence-corrected chi connectivity index (χ4v) is 3.71. The van der Waals surface area contributed by atoms with Gasteiger partial charge in [-0.15, -0.1) is 0 Å². The van der Waals surface area contributed by atoms with Crippen LogP contribution in [0.15, 0.2) is 24.3 Å². The van der Waals surface area contributed by atoms with Crippen molar-refractivity contribution in [2.24, 2.45) is 0 Å². The molecule has 1 aromatic carbocycles. The van der Waals surface area contributed by atoms with E-state index in [2.05, 4.69) is 22.2 Å². The summed E-state index contributed by atoms with van der Waals surface area (Å²) in [4.78, 5) is 7.68. The van der Waals surface area contributed by atoms with Crippen molar-refractivity contribution in [3.8, 4) is 0 Å². The monoisotopic (exact) mass is 277 g/mol. The highest BCUT2D eigenvalue weighted by Crippen LogP contribution is 2.41. The Bertz CT molecular complexity index is 538. The Morgan fingerprint density at radius 3 is 3.05 bits per heavy atom. The number of aromatic amines is 1. The minimum Gasteiger partial charge on any atom is -0.387 e. The van der Waals surface area contributed by atoms with E-state index in [1.807, 2.05) is 36.0 Å². The van der Waals surface area contributed by atoms with E-state index in [0.717, 1.165) is 35.6 Å². The molecular weight excluding hydrogens is 258 g/mol. The first-order valence-corrected chi connectivity index (χ1v) is 7.79. The lowest BCUT2D eigenvalue weighted by Gasteiger charge is -2.45. The third-order valence-electron chi connectivity index (χ3n) is 3.76. The molecule has 1 fully saturated rings. The maximum absolute atomic E-state index is 10.5. The summed E-state index contributed by atoms with van der Waals surface area (Å²) in [6.45, 7) is 2.70. The number of benzene rings is 1. The molecule has 1 heterocycles. The van der Waals surface area contributed by atoms with Crippen LogP contribution in [0.2, 0.25) is 0 Å². The second kappa shape index (κ2) is 5.06. The van der Waals surface area contributed by atoms with Gasteiger partial charge in [0, 0.05) is 11.8 Å². The van der Waals surface area contributed by atoms with Crippen LogP contribution < -0.4 is 5.32 Å². The molecular formula is C14H19N3OS. The lowest BCUT2D eigenvalue weighted by molar-refractivity contribution is -0.0121. The van der Waals surface area contributed by atoms with E-state index in [-0.39, 0.29) is 0 Å². The molecule has 0 bridgehead atoms. The zero-order valence-corrected chi connectivity index (χ0v) is 11.8. The SMILES string of the molecule is CCSC1CCC1(O)CNc1nc2ccccc2[nH]1. The second-order valence-electron chi connectivity index (χ2n) is 5.04. The summed E-state index contributed by atoms with van der Waals surface area (Å²) in [5.74, 6) is 1.79. The zero-order chi connectivity index (χ0) is 13.3. The minimum atomic E-state index is -0.584. The van der Waals surface area contributed by atoms with Gasteiger partial charge < -0.3 is 15.4 Å². The van der Waals surface area contributed by atoms with Gasteiger partial charge in [0.1, 0.15) is 0 Å². The summed E-state index contributed by atoms with van der Waals surface area (Å²) in [7, 11) is 0. The largest absolute Gasteiger partial charge is 0.387 e. The average Bonchev–Trinajstić information content (AvgIpc) is 2.83. The Hall–Kier alpha value is -1.20. The highest BCUT2D eigenvalue weighted by Gasteiger charge is 2.45. The van der Waals surface area contributed by atoms with E-state index in [0.29, 0.717) is 11.8 Å². The van der Waals surface area contributed by atoms with Gasteiger partial charge in [0.05, 0.1) is 16.6 Å². The minimum absolute atomic E-state index is 0.356. The Morgan fingerprint density at radius 1 is 1.53 bits per heavy atom. The molecule has 0 radical (unpaired) electrons. The molecule has 19 heavy (non-hydrogen) atoms. The van der Waals surface area contributed by atoms with E-state index >= 15 is 0 Å². The molecule has 102 valence electrons. The first-order valence-electron chi connectivity index (χ1n) is 6.74. The molecule has 1 saturated carbocycles. The van der Waals surface area contributed by atoms with Crippen LogP contribution in [-0.2, 0) is 0 Å². The molecule has 1 aliphatic carbocycles. The van der Waals surface area contributed by atoms with Gasteiger partial charge in [-0.25, -0.2) is 4.98 Å². The molecule has 2 aromatic rings. The molecule has 1 aromatic heterocycles. The van der Waals surface area contributed by atoms with E-state index in [1.165, 1.54) is 0 Å². The van der Waals surface area contributed by atoms with Gasteiger partial charge in [-0.1, -0.05) is 19.1 Å². The molecule has 2 unspecified atom stereocenters. The highest BCUT2D eigenvalue weighted by atomic mass is 32.2. The van der Waals surface area contributed by atoms with Crippen LogP contribution >= 0.6 is 11.8 Å². The van der Waals surface area contributed by atoms with Gasteiger partial charge in [0.2, 0.25) is 5.95 Å². The molecule has 4 nitrogen and oxygen atoms in total. The van der Waals surface area contributed by atoms with Crippen molar-refractivity contribution < 1.29 is 5.11 Å².